The zero-order valence-electron chi connectivity index (χ0n) is 12.4. The fourth-order valence-corrected chi connectivity index (χ4v) is 3.67. The van der Waals surface area contributed by atoms with Crippen molar-refractivity contribution in [2.75, 3.05) is 4.72 Å². The molecule has 4 nitrogen and oxygen atoms in total. The van der Waals surface area contributed by atoms with Gasteiger partial charge in [-0.15, -0.1) is 0 Å². The first-order valence-corrected chi connectivity index (χ1v) is 8.71. The standard InChI is InChI=1S/C18H12FNO3S/c19-12-5-8-14(9-6-12)24(21,22)20-13-7-10-18-16(11-13)15-3-1-2-4-17(15)23-18/h1-11,20H. The van der Waals surface area contributed by atoms with Crippen LogP contribution in [0.15, 0.2) is 76.0 Å². The number of para-hydroxylation sites is 1. The molecule has 0 saturated carbocycles. The monoisotopic (exact) mass is 341 g/mol. The first-order valence-electron chi connectivity index (χ1n) is 7.23. The molecule has 4 rings (SSSR count). The number of hydrogen-bond donors (Lipinski definition) is 1. The minimum absolute atomic E-state index is 0.000971. The van der Waals surface area contributed by atoms with Crippen molar-refractivity contribution in [1.29, 1.82) is 0 Å². The van der Waals surface area contributed by atoms with Crippen LogP contribution >= 0.6 is 0 Å². The first-order chi connectivity index (χ1) is 11.5. The van der Waals surface area contributed by atoms with E-state index in [1.165, 1.54) is 12.1 Å². The molecule has 1 aromatic heterocycles. The van der Waals surface area contributed by atoms with Crippen LogP contribution in [0.1, 0.15) is 0 Å². The molecule has 1 heterocycles. The van der Waals surface area contributed by atoms with Crippen molar-refractivity contribution in [3.8, 4) is 0 Å². The number of rotatable bonds is 3. The summed E-state index contributed by atoms with van der Waals surface area (Å²) in [5, 5.41) is 1.74. The number of hydrogen-bond acceptors (Lipinski definition) is 3. The van der Waals surface area contributed by atoms with E-state index in [1.54, 1.807) is 18.2 Å². The second-order valence-electron chi connectivity index (χ2n) is 5.37. The van der Waals surface area contributed by atoms with Crippen molar-refractivity contribution >= 4 is 37.6 Å². The van der Waals surface area contributed by atoms with Gasteiger partial charge in [-0.2, -0.15) is 0 Å². The lowest BCUT2D eigenvalue weighted by molar-refractivity contribution is 0.599. The largest absolute Gasteiger partial charge is 0.456 e. The topological polar surface area (TPSA) is 59.3 Å². The fourth-order valence-electron chi connectivity index (χ4n) is 2.62. The van der Waals surface area contributed by atoms with E-state index >= 15 is 0 Å². The van der Waals surface area contributed by atoms with Crippen LogP contribution in [-0.2, 0) is 10.0 Å². The summed E-state index contributed by atoms with van der Waals surface area (Å²) in [6.07, 6.45) is 0. The number of nitrogens with one attached hydrogen (secondary N) is 1. The zero-order chi connectivity index (χ0) is 16.7. The minimum Gasteiger partial charge on any atom is -0.456 e. The molecular weight excluding hydrogens is 329 g/mol. The molecule has 0 radical (unpaired) electrons. The molecule has 6 heteroatoms. The quantitative estimate of drug-likeness (QED) is 0.596. The molecule has 0 spiro atoms. The van der Waals surface area contributed by atoms with Gasteiger partial charge in [0, 0.05) is 16.5 Å². The van der Waals surface area contributed by atoms with Gasteiger partial charge in [-0.25, -0.2) is 12.8 Å². The number of furan rings is 1. The fraction of sp³-hybridized carbons (Fsp3) is 0. The van der Waals surface area contributed by atoms with E-state index in [-0.39, 0.29) is 4.90 Å². The SMILES string of the molecule is O=S(=O)(Nc1ccc2oc3ccccc3c2c1)c1ccc(F)cc1. The normalized spacial score (nSPS) is 11.9. The van der Waals surface area contributed by atoms with Crippen molar-refractivity contribution in [3.63, 3.8) is 0 Å². The Bertz CT molecular complexity index is 1150. The lowest BCUT2D eigenvalue weighted by Gasteiger charge is -2.08. The Hall–Kier alpha value is -2.86. The Morgan fingerprint density at radius 3 is 2.33 bits per heavy atom. The second kappa shape index (κ2) is 5.35. The molecule has 24 heavy (non-hydrogen) atoms. The molecule has 3 aromatic carbocycles. The van der Waals surface area contributed by atoms with Crippen molar-refractivity contribution in [1.82, 2.24) is 0 Å². The van der Waals surface area contributed by atoms with Crippen molar-refractivity contribution in [3.05, 3.63) is 72.5 Å². The van der Waals surface area contributed by atoms with E-state index < -0.39 is 15.8 Å². The highest BCUT2D eigenvalue weighted by Gasteiger charge is 2.15. The zero-order valence-corrected chi connectivity index (χ0v) is 13.2. The summed E-state index contributed by atoms with van der Waals surface area (Å²) in [7, 11) is -3.78. The number of sulfonamides is 1. The lowest BCUT2D eigenvalue weighted by atomic mass is 10.1. The van der Waals surface area contributed by atoms with Crippen LogP contribution < -0.4 is 4.72 Å². The Morgan fingerprint density at radius 1 is 0.833 bits per heavy atom. The van der Waals surface area contributed by atoms with E-state index in [2.05, 4.69) is 4.72 Å². The maximum Gasteiger partial charge on any atom is 0.261 e. The van der Waals surface area contributed by atoms with Crippen LogP contribution in [0.2, 0.25) is 0 Å². The molecule has 0 amide bonds. The Balaban J connectivity index is 1.76. The number of benzene rings is 3. The van der Waals surface area contributed by atoms with Gasteiger partial charge in [0.1, 0.15) is 17.0 Å². The summed E-state index contributed by atoms with van der Waals surface area (Å²) in [6, 6.07) is 17.3. The van der Waals surface area contributed by atoms with E-state index in [4.69, 9.17) is 4.42 Å². The molecule has 4 aromatic rings. The van der Waals surface area contributed by atoms with Gasteiger partial charge in [0.15, 0.2) is 0 Å². The van der Waals surface area contributed by atoms with Gasteiger partial charge in [-0.05, 0) is 48.5 Å². The van der Waals surface area contributed by atoms with Crippen molar-refractivity contribution < 1.29 is 17.2 Å². The summed E-state index contributed by atoms with van der Waals surface area (Å²) in [6.45, 7) is 0. The maximum absolute atomic E-state index is 13.0. The van der Waals surface area contributed by atoms with Crippen LogP contribution in [0.4, 0.5) is 10.1 Å². The van der Waals surface area contributed by atoms with Crippen LogP contribution in [0.3, 0.4) is 0 Å². The molecule has 0 saturated heterocycles. The van der Waals surface area contributed by atoms with E-state index in [1.807, 2.05) is 24.3 Å². The highest BCUT2D eigenvalue weighted by molar-refractivity contribution is 7.92. The van der Waals surface area contributed by atoms with E-state index in [0.717, 1.165) is 28.5 Å². The Morgan fingerprint density at radius 2 is 1.54 bits per heavy atom. The molecule has 0 fully saturated rings. The van der Waals surface area contributed by atoms with Gasteiger partial charge < -0.3 is 4.42 Å². The third-order valence-electron chi connectivity index (χ3n) is 3.75. The molecule has 0 aliphatic carbocycles. The number of anilines is 1. The molecule has 0 bridgehead atoms. The van der Waals surface area contributed by atoms with Crippen LogP contribution in [0, 0.1) is 5.82 Å². The number of halogens is 1. The first kappa shape index (κ1) is 14.7. The van der Waals surface area contributed by atoms with E-state index in [0.29, 0.717) is 11.3 Å². The molecule has 0 atom stereocenters. The van der Waals surface area contributed by atoms with Gasteiger partial charge in [0.25, 0.3) is 10.0 Å². The van der Waals surface area contributed by atoms with Gasteiger partial charge in [0.05, 0.1) is 4.90 Å². The summed E-state index contributed by atoms with van der Waals surface area (Å²) in [5.41, 5.74) is 1.84. The average Bonchev–Trinajstić information content (AvgIpc) is 2.93. The Labute approximate surface area is 137 Å². The summed E-state index contributed by atoms with van der Waals surface area (Å²) in [4.78, 5) is 0.000971. The predicted molar refractivity (Wildman–Crippen MR) is 90.9 cm³/mol. The van der Waals surface area contributed by atoms with Gasteiger partial charge in [-0.1, -0.05) is 18.2 Å². The van der Waals surface area contributed by atoms with E-state index in [9.17, 15) is 12.8 Å². The molecule has 1 N–H and O–H groups in total. The van der Waals surface area contributed by atoms with Crippen LogP contribution in [0.5, 0.6) is 0 Å². The molecule has 120 valence electrons. The maximum atomic E-state index is 13.0. The average molecular weight is 341 g/mol. The van der Waals surface area contributed by atoms with Gasteiger partial charge in [0.2, 0.25) is 0 Å². The second-order valence-corrected chi connectivity index (χ2v) is 7.05. The highest BCUT2D eigenvalue weighted by Crippen LogP contribution is 2.31. The smallest absolute Gasteiger partial charge is 0.261 e. The Kier molecular flexibility index (Phi) is 3.28. The molecule has 0 aliphatic rings. The van der Waals surface area contributed by atoms with Crippen molar-refractivity contribution in [2.45, 2.75) is 4.90 Å². The summed E-state index contributed by atoms with van der Waals surface area (Å²) >= 11 is 0. The minimum atomic E-state index is -3.78. The molecule has 0 unspecified atom stereocenters. The van der Waals surface area contributed by atoms with Crippen LogP contribution in [0.25, 0.3) is 21.9 Å². The highest BCUT2D eigenvalue weighted by atomic mass is 32.2. The van der Waals surface area contributed by atoms with Gasteiger partial charge >= 0.3 is 0 Å². The molecular formula is C18H12FNO3S. The third kappa shape index (κ3) is 2.51. The van der Waals surface area contributed by atoms with Crippen LogP contribution in [-0.4, -0.2) is 8.42 Å². The van der Waals surface area contributed by atoms with Crippen molar-refractivity contribution in [2.24, 2.45) is 0 Å². The third-order valence-corrected chi connectivity index (χ3v) is 5.15. The molecule has 0 aliphatic heterocycles. The lowest BCUT2D eigenvalue weighted by Crippen LogP contribution is -2.12. The summed E-state index contributed by atoms with van der Waals surface area (Å²) in [5.74, 6) is -0.486. The summed E-state index contributed by atoms with van der Waals surface area (Å²) < 4.78 is 46.0. The van der Waals surface area contributed by atoms with Gasteiger partial charge in [-0.3, -0.25) is 4.72 Å². The number of fused-ring (bicyclic) bond motifs is 3. The predicted octanol–water partition coefficient (Wildman–Crippen LogP) is 4.53.